The number of Topliss-reactive ketones (excluding diaryl/α,β-unsaturated/α-hetero) is 1. The maximum absolute atomic E-state index is 13.0. The third-order valence-corrected chi connectivity index (χ3v) is 6.14. The van der Waals surface area contributed by atoms with Gasteiger partial charge >= 0.3 is 18.2 Å². The lowest BCUT2D eigenvalue weighted by molar-refractivity contribution is -0.192. The highest BCUT2D eigenvalue weighted by Crippen LogP contribution is 2.19. The molecule has 0 saturated carbocycles. The third-order valence-electron chi connectivity index (χ3n) is 6.14. The number of amides is 2. The van der Waals surface area contributed by atoms with Crippen molar-refractivity contribution in [3.63, 3.8) is 0 Å². The van der Waals surface area contributed by atoms with Crippen LogP contribution in [-0.2, 0) is 22.7 Å². The molecule has 1 aliphatic rings. The summed E-state index contributed by atoms with van der Waals surface area (Å²) in [6.07, 6.45) is -3.20. The predicted molar refractivity (Wildman–Crippen MR) is 136 cm³/mol. The second-order valence-electron chi connectivity index (χ2n) is 9.24. The number of rotatable bonds is 9. The molecule has 1 heterocycles. The number of hydrogen-bond acceptors (Lipinski definition) is 5. The molecule has 0 unspecified atom stereocenters. The molecule has 12 heteroatoms. The fourth-order valence-electron chi connectivity index (χ4n) is 3.96. The van der Waals surface area contributed by atoms with Crippen molar-refractivity contribution >= 4 is 17.8 Å². The monoisotopic (exact) mass is 555 g/mol. The highest BCUT2D eigenvalue weighted by Gasteiger charge is 2.38. The van der Waals surface area contributed by atoms with E-state index in [9.17, 15) is 27.2 Å². The third kappa shape index (κ3) is 11.4. The Balaban J connectivity index is 0.000000673. The summed E-state index contributed by atoms with van der Waals surface area (Å²) in [5.74, 6) is -2.67. The number of urea groups is 1. The van der Waals surface area contributed by atoms with Crippen LogP contribution in [0.2, 0.25) is 0 Å². The summed E-state index contributed by atoms with van der Waals surface area (Å²) < 4.78 is 49.9. The average molecular weight is 556 g/mol. The molecule has 2 N–H and O–H groups in total. The first-order chi connectivity index (χ1) is 18.4. The molecule has 0 bridgehead atoms. The van der Waals surface area contributed by atoms with Crippen LogP contribution in [0.25, 0.3) is 0 Å². The van der Waals surface area contributed by atoms with Crippen LogP contribution in [0.5, 0.6) is 0 Å². The minimum Gasteiger partial charge on any atom is -0.475 e. The van der Waals surface area contributed by atoms with Crippen LogP contribution >= 0.6 is 0 Å². The molecule has 1 saturated heterocycles. The highest BCUT2D eigenvalue weighted by atomic mass is 19.4. The summed E-state index contributed by atoms with van der Waals surface area (Å²) in [4.78, 5) is 37.6. The molecule has 2 aromatic rings. The lowest BCUT2D eigenvalue weighted by Gasteiger charge is -2.33. The highest BCUT2D eigenvalue weighted by molar-refractivity contribution is 5.97. The van der Waals surface area contributed by atoms with Gasteiger partial charge in [-0.2, -0.15) is 13.2 Å². The van der Waals surface area contributed by atoms with E-state index < -0.39 is 12.1 Å². The van der Waals surface area contributed by atoms with Crippen LogP contribution in [-0.4, -0.2) is 79.2 Å². The maximum Gasteiger partial charge on any atom is 0.490 e. The van der Waals surface area contributed by atoms with Gasteiger partial charge in [-0.25, -0.2) is 14.0 Å². The van der Waals surface area contributed by atoms with Crippen molar-refractivity contribution in [2.45, 2.75) is 32.2 Å². The number of carboxylic acid groups (broad SMARTS) is 1. The molecule has 0 atom stereocenters. The molecular weight excluding hydrogens is 522 g/mol. The average Bonchev–Trinajstić information content (AvgIpc) is 2.89. The summed E-state index contributed by atoms with van der Waals surface area (Å²) in [5, 5.41) is 10.1. The molecule has 0 aromatic heterocycles. The summed E-state index contributed by atoms with van der Waals surface area (Å²) in [6.45, 7) is 3.74. The lowest BCUT2D eigenvalue weighted by atomic mass is 9.96. The molecule has 0 radical (unpaired) electrons. The van der Waals surface area contributed by atoms with Crippen molar-refractivity contribution in [2.24, 2.45) is 5.92 Å². The Morgan fingerprint density at radius 3 is 2.08 bits per heavy atom. The van der Waals surface area contributed by atoms with Crippen LogP contribution in [0.15, 0.2) is 48.5 Å². The second-order valence-corrected chi connectivity index (χ2v) is 9.24. The van der Waals surface area contributed by atoms with E-state index in [4.69, 9.17) is 14.6 Å². The van der Waals surface area contributed by atoms with Crippen molar-refractivity contribution in [2.75, 3.05) is 40.3 Å². The van der Waals surface area contributed by atoms with Gasteiger partial charge in [0.05, 0.1) is 13.2 Å². The predicted octanol–water partition coefficient (Wildman–Crippen LogP) is 4.34. The number of aliphatic carboxylic acids is 1. The number of alkyl halides is 3. The Bertz CT molecular complexity index is 1070. The number of halogens is 4. The summed E-state index contributed by atoms with van der Waals surface area (Å²) in [7, 11) is 3.49. The Labute approximate surface area is 224 Å². The van der Waals surface area contributed by atoms with Crippen LogP contribution in [0, 0.1) is 11.7 Å². The number of nitrogens with one attached hydrogen (secondary N) is 1. The fourth-order valence-corrected chi connectivity index (χ4v) is 3.96. The molecule has 0 spiro atoms. The van der Waals surface area contributed by atoms with Gasteiger partial charge in [0, 0.05) is 32.8 Å². The van der Waals surface area contributed by atoms with E-state index in [1.54, 1.807) is 12.0 Å². The van der Waals surface area contributed by atoms with Crippen molar-refractivity contribution in [1.82, 2.24) is 15.1 Å². The number of ether oxygens (including phenoxy) is 1. The Kier molecular flexibility index (Phi) is 12.3. The van der Waals surface area contributed by atoms with Gasteiger partial charge < -0.3 is 20.1 Å². The van der Waals surface area contributed by atoms with E-state index >= 15 is 0 Å². The smallest absolute Gasteiger partial charge is 0.475 e. The van der Waals surface area contributed by atoms with Gasteiger partial charge in [0.15, 0.2) is 5.78 Å². The molecule has 2 amide bonds. The zero-order valence-corrected chi connectivity index (χ0v) is 21.8. The molecule has 0 aliphatic carbocycles. The standard InChI is InChI=1S/C25H32FN3O3.C2HF3O2/c1-28(25(31)27-15-19-3-5-21(6-4-19)18-32-2)16-20-11-13-29(14-12-20)17-24(30)22-7-9-23(26)10-8-22;3-2(4,5)1(6)7/h3-10,20H,11-18H2,1-2H3,(H,27,31);(H,6,7). The largest absolute Gasteiger partial charge is 0.490 e. The van der Waals surface area contributed by atoms with Gasteiger partial charge in [-0.15, -0.1) is 0 Å². The Hall–Kier alpha value is -3.51. The molecule has 1 aliphatic heterocycles. The zero-order valence-electron chi connectivity index (χ0n) is 21.8. The number of ketones is 1. The van der Waals surface area contributed by atoms with E-state index in [2.05, 4.69) is 10.2 Å². The summed E-state index contributed by atoms with van der Waals surface area (Å²) >= 11 is 0. The van der Waals surface area contributed by atoms with Crippen LogP contribution < -0.4 is 5.32 Å². The number of benzene rings is 2. The van der Waals surface area contributed by atoms with Crippen molar-refractivity contribution in [1.29, 1.82) is 0 Å². The topological polar surface area (TPSA) is 99.2 Å². The maximum atomic E-state index is 13.0. The Morgan fingerprint density at radius 2 is 1.56 bits per heavy atom. The first-order valence-electron chi connectivity index (χ1n) is 12.3. The second kappa shape index (κ2) is 15.2. The molecule has 1 fully saturated rings. The number of carbonyl (C=O) groups excluding carboxylic acids is 2. The zero-order chi connectivity index (χ0) is 29.0. The first kappa shape index (κ1) is 31.7. The quantitative estimate of drug-likeness (QED) is 0.353. The number of carbonyl (C=O) groups is 3. The molecule has 8 nitrogen and oxygen atoms in total. The van der Waals surface area contributed by atoms with Gasteiger partial charge in [0.2, 0.25) is 0 Å². The van der Waals surface area contributed by atoms with Gasteiger partial charge in [-0.1, -0.05) is 24.3 Å². The number of nitrogens with zero attached hydrogens (tertiary/aromatic N) is 2. The Morgan fingerprint density at radius 1 is 1.03 bits per heavy atom. The van der Waals surface area contributed by atoms with Crippen molar-refractivity contribution < 1.29 is 41.8 Å². The molecule has 2 aromatic carbocycles. The van der Waals surface area contributed by atoms with Crippen molar-refractivity contribution in [3.05, 3.63) is 71.0 Å². The van der Waals surface area contributed by atoms with E-state index in [0.717, 1.165) is 37.1 Å². The molecule has 3 rings (SSSR count). The van der Waals surface area contributed by atoms with E-state index in [0.29, 0.717) is 37.7 Å². The minimum atomic E-state index is -5.08. The number of piperidine rings is 1. The van der Waals surface area contributed by atoms with E-state index in [1.807, 2.05) is 31.3 Å². The van der Waals surface area contributed by atoms with Crippen LogP contribution in [0.4, 0.5) is 22.4 Å². The number of likely N-dealkylation sites (tertiary alicyclic amines) is 1. The number of methoxy groups -OCH3 is 1. The van der Waals surface area contributed by atoms with Crippen molar-refractivity contribution in [3.8, 4) is 0 Å². The molecule has 39 heavy (non-hydrogen) atoms. The van der Waals surface area contributed by atoms with E-state index in [-0.39, 0.29) is 17.6 Å². The van der Waals surface area contributed by atoms with E-state index in [1.165, 1.54) is 24.3 Å². The molecular formula is C27H33F4N3O5. The minimum absolute atomic E-state index is 0.00944. The van der Waals surface area contributed by atoms with Gasteiger partial charge in [-0.05, 0) is 67.2 Å². The number of carboxylic acids is 1. The lowest BCUT2D eigenvalue weighted by Crippen LogP contribution is -2.43. The molecule has 214 valence electrons. The van der Waals surface area contributed by atoms with Gasteiger partial charge in [0.25, 0.3) is 0 Å². The number of hydrogen-bond donors (Lipinski definition) is 2. The van der Waals surface area contributed by atoms with Crippen LogP contribution in [0.1, 0.15) is 34.3 Å². The van der Waals surface area contributed by atoms with Gasteiger partial charge in [0.1, 0.15) is 5.82 Å². The van der Waals surface area contributed by atoms with Gasteiger partial charge in [-0.3, -0.25) is 9.69 Å². The summed E-state index contributed by atoms with van der Waals surface area (Å²) in [6, 6.07) is 13.6. The SMILES string of the molecule is COCc1ccc(CNC(=O)N(C)CC2CCN(CC(=O)c3ccc(F)cc3)CC2)cc1.O=C(O)C(F)(F)F. The normalized spacial score (nSPS) is 14.2. The fraction of sp³-hybridized carbons (Fsp3) is 0.444. The van der Waals surface area contributed by atoms with Crippen LogP contribution in [0.3, 0.4) is 0 Å². The summed E-state index contributed by atoms with van der Waals surface area (Å²) in [5.41, 5.74) is 2.69. The first-order valence-corrected chi connectivity index (χ1v) is 12.3.